The summed E-state index contributed by atoms with van der Waals surface area (Å²) >= 11 is -2.28. The van der Waals surface area contributed by atoms with Gasteiger partial charge in [0.2, 0.25) is 0 Å². The Bertz CT molecular complexity index is 389. The van der Waals surface area contributed by atoms with E-state index in [1.54, 1.807) is 0 Å². The van der Waals surface area contributed by atoms with Crippen molar-refractivity contribution in [3.63, 3.8) is 0 Å². The van der Waals surface area contributed by atoms with Crippen LogP contribution >= 0.6 is 0 Å². The molecule has 165 valence electrons. The van der Waals surface area contributed by atoms with Gasteiger partial charge in [-0.15, -0.1) is 0 Å². The first-order valence-corrected chi connectivity index (χ1v) is 17.6. The van der Waals surface area contributed by atoms with Gasteiger partial charge < -0.3 is 0 Å². The van der Waals surface area contributed by atoms with E-state index in [0.29, 0.717) is 25.0 Å². The predicted octanol–water partition coefficient (Wildman–Crippen LogP) is 6.41. The Morgan fingerprint density at radius 2 is 1.11 bits per heavy atom. The van der Waals surface area contributed by atoms with Crippen molar-refractivity contribution >= 4 is 31.7 Å². The number of carbonyl (C=O) groups is 2. The van der Waals surface area contributed by atoms with Gasteiger partial charge in [0.1, 0.15) is 0 Å². The summed E-state index contributed by atoms with van der Waals surface area (Å²) in [5.41, 5.74) is 0. The van der Waals surface area contributed by atoms with Gasteiger partial charge in [-0.2, -0.15) is 0 Å². The summed E-state index contributed by atoms with van der Waals surface area (Å²) in [6, 6.07) is 0. The topological polar surface area (TPSA) is 52.6 Å². The Morgan fingerprint density at radius 3 is 1.39 bits per heavy atom. The molecule has 0 fully saturated rings. The quantitative estimate of drug-likeness (QED) is 0.180. The Labute approximate surface area is 181 Å². The molecule has 0 saturated carbocycles. The van der Waals surface area contributed by atoms with E-state index in [0.717, 1.165) is 25.7 Å². The van der Waals surface area contributed by atoms with E-state index in [-0.39, 0.29) is 19.8 Å². The maximum absolute atomic E-state index is 12.5. The average Bonchev–Trinajstić information content (AvgIpc) is 2.71. The Hall–Kier alpha value is -0.261. The fraction of sp³-hybridized carbons (Fsp3) is 0.913. The molecule has 0 rings (SSSR count). The normalized spacial score (nSPS) is 15.7. The van der Waals surface area contributed by atoms with Gasteiger partial charge in [-0.25, -0.2) is 0 Å². The van der Waals surface area contributed by atoms with Gasteiger partial charge in [-0.1, -0.05) is 0 Å². The zero-order valence-electron chi connectivity index (χ0n) is 19.5. The second-order valence-electron chi connectivity index (χ2n) is 8.28. The summed E-state index contributed by atoms with van der Waals surface area (Å²) in [7, 11) is 0. The second kappa shape index (κ2) is 16.5. The molecule has 28 heavy (non-hydrogen) atoms. The molecule has 1 radical (unpaired) electrons. The molecule has 0 aromatic heterocycles. The SMILES string of the molecule is CCCCC(CC)COC(=O)[CH](C)[Sn]([CH3])[CH](C)C(=O)OCC(CC)CCCC. The van der Waals surface area contributed by atoms with Crippen LogP contribution in [0.4, 0.5) is 0 Å². The van der Waals surface area contributed by atoms with Gasteiger partial charge in [0.25, 0.3) is 0 Å². The number of rotatable bonds is 16. The molecule has 0 amide bonds. The number of unbranched alkanes of at least 4 members (excludes halogenated alkanes) is 2. The molecule has 4 atom stereocenters. The minimum atomic E-state index is -2.28. The molecule has 4 nitrogen and oxygen atoms in total. The van der Waals surface area contributed by atoms with Gasteiger partial charge in [0.15, 0.2) is 0 Å². The van der Waals surface area contributed by atoms with Crippen LogP contribution in [-0.2, 0) is 19.1 Å². The number of hydrogen-bond acceptors (Lipinski definition) is 4. The van der Waals surface area contributed by atoms with Gasteiger partial charge in [0, 0.05) is 0 Å². The number of hydrogen-bond donors (Lipinski definition) is 0. The minimum absolute atomic E-state index is 0.110. The third-order valence-electron chi connectivity index (χ3n) is 6.08. The van der Waals surface area contributed by atoms with Crippen molar-refractivity contribution in [3.05, 3.63) is 0 Å². The first-order valence-electron chi connectivity index (χ1n) is 11.5. The molecule has 4 unspecified atom stereocenters. The van der Waals surface area contributed by atoms with E-state index in [1.807, 2.05) is 13.8 Å². The summed E-state index contributed by atoms with van der Waals surface area (Å²) in [6.45, 7) is 13.6. The maximum atomic E-state index is 12.5. The molecular formula is C23H45O4Sn. The van der Waals surface area contributed by atoms with E-state index in [2.05, 4.69) is 32.6 Å². The van der Waals surface area contributed by atoms with Crippen LogP contribution in [0.2, 0.25) is 12.8 Å². The Balaban J connectivity index is 4.47. The van der Waals surface area contributed by atoms with E-state index in [4.69, 9.17) is 9.47 Å². The van der Waals surface area contributed by atoms with Gasteiger partial charge in [-0.05, 0) is 0 Å². The number of esters is 2. The molecule has 0 bridgehead atoms. The van der Waals surface area contributed by atoms with Crippen LogP contribution in [0, 0.1) is 11.8 Å². The fourth-order valence-corrected chi connectivity index (χ4v) is 7.93. The van der Waals surface area contributed by atoms with Crippen LogP contribution in [0.5, 0.6) is 0 Å². The summed E-state index contributed by atoms with van der Waals surface area (Å²) in [5.74, 6) is 0.690. The van der Waals surface area contributed by atoms with Crippen molar-refractivity contribution in [2.24, 2.45) is 11.8 Å². The molecule has 0 N–H and O–H groups in total. The molecule has 5 heteroatoms. The molecule has 0 aliphatic rings. The molecule has 0 heterocycles. The summed E-state index contributed by atoms with van der Waals surface area (Å²) < 4.78 is 11.0. The predicted molar refractivity (Wildman–Crippen MR) is 119 cm³/mol. The monoisotopic (exact) mass is 505 g/mol. The molecule has 0 aliphatic carbocycles. The van der Waals surface area contributed by atoms with Crippen LogP contribution in [-0.4, -0.2) is 44.9 Å². The summed E-state index contributed by atoms with van der Waals surface area (Å²) in [5, 5.41) is 0. The molecule has 0 saturated heterocycles. The van der Waals surface area contributed by atoms with Crippen molar-refractivity contribution < 1.29 is 19.1 Å². The second-order valence-corrected chi connectivity index (χ2v) is 17.5. The van der Waals surface area contributed by atoms with Crippen molar-refractivity contribution in [2.75, 3.05) is 13.2 Å². The average molecular weight is 504 g/mol. The molecule has 0 aliphatic heterocycles. The molecule has 0 aromatic rings. The first kappa shape index (κ1) is 27.7. The van der Waals surface area contributed by atoms with Gasteiger partial charge in [0.05, 0.1) is 0 Å². The summed E-state index contributed by atoms with van der Waals surface area (Å²) in [4.78, 5) is 27.2. The van der Waals surface area contributed by atoms with E-state index in [1.165, 1.54) is 25.7 Å². The molecular weight excluding hydrogens is 459 g/mol. The first-order chi connectivity index (χ1) is 13.3. The van der Waals surface area contributed by atoms with Crippen molar-refractivity contribution in [3.8, 4) is 0 Å². The zero-order chi connectivity index (χ0) is 21.5. The molecule has 0 aromatic carbocycles. The van der Waals surface area contributed by atoms with Crippen LogP contribution in [0.15, 0.2) is 0 Å². The van der Waals surface area contributed by atoms with Crippen molar-refractivity contribution in [1.29, 1.82) is 0 Å². The van der Waals surface area contributed by atoms with E-state index in [9.17, 15) is 9.59 Å². The summed E-state index contributed by atoms with van der Waals surface area (Å²) in [6.07, 6.45) is 9.02. The Morgan fingerprint density at radius 1 is 0.750 bits per heavy atom. The van der Waals surface area contributed by atoms with E-state index < -0.39 is 19.8 Å². The fourth-order valence-electron chi connectivity index (χ4n) is 3.19. The molecule has 0 spiro atoms. The zero-order valence-corrected chi connectivity index (χ0v) is 22.4. The van der Waals surface area contributed by atoms with Gasteiger partial charge in [-0.3, -0.25) is 0 Å². The van der Waals surface area contributed by atoms with E-state index >= 15 is 0 Å². The van der Waals surface area contributed by atoms with Crippen LogP contribution in [0.3, 0.4) is 0 Å². The third-order valence-corrected chi connectivity index (χ3v) is 15.2. The number of ether oxygens (including phenoxy) is 2. The van der Waals surface area contributed by atoms with Crippen molar-refractivity contribution in [2.45, 2.75) is 106 Å². The Kier molecular flexibility index (Phi) is 16.4. The standard InChI is InChI=1S/2C11H21O2.CH3.Sn/c2*1-4-7-8-10(5-2)9-13-11(12)6-3;;/h2*6,10H,4-5,7-9H2,1-3H3;1H3;. The number of carbonyl (C=O) groups excluding carboxylic acids is 2. The van der Waals surface area contributed by atoms with Gasteiger partial charge >= 0.3 is 182 Å². The van der Waals surface area contributed by atoms with Crippen LogP contribution in [0.25, 0.3) is 0 Å². The van der Waals surface area contributed by atoms with Crippen LogP contribution in [0.1, 0.15) is 92.9 Å². The van der Waals surface area contributed by atoms with Crippen molar-refractivity contribution in [1.82, 2.24) is 0 Å². The third kappa shape index (κ3) is 11.1. The van der Waals surface area contributed by atoms with Crippen LogP contribution < -0.4 is 0 Å².